The molecule has 0 amide bonds. The first-order chi connectivity index (χ1) is 10.4. The molecule has 0 saturated carbocycles. The van der Waals surface area contributed by atoms with Crippen LogP contribution in [0.5, 0.6) is 5.75 Å². The maximum absolute atomic E-state index is 5.30. The summed E-state index contributed by atoms with van der Waals surface area (Å²) in [5.74, 6) is 1.55. The summed E-state index contributed by atoms with van der Waals surface area (Å²) in [4.78, 5) is 4.55. The number of aliphatic imine (C=N–C) groups is 1. The van der Waals surface area contributed by atoms with Gasteiger partial charge in [0.25, 0.3) is 0 Å². The van der Waals surface area contributed by atoms with E-state index in [1.54, 1.807) is 18.9 Å². The molecule has 1 aliphatic rings. The van der Waals surface area contributed by atoms with Crippen molar-refractivity contribution in [3.05, 3.63) is 60.2 Å². The summed E-state index contributed by atoms with van der Waals surface area (Å²) in [7, 11) is 1.64. The number of para-hydroxylation sites is 2. The van der Waals surface area contributed by atoms with Crippen molar-refractivity contribution >= 4 is 28.3 Å². The second kappa shape index (κ2) is 6.45. The summed E-state index contributed by atoms with van der Waals surface area (Å²) in [6, 6.07) is 17.8. The van der Waals surface area contributed by atoms with Crippen molar-refractivity contribution in [1.82, 2.24) is 5.43 Å². The van der Waals surface area contributed by atoms with Gasteiger partial charge in [-0.25, -0.2) is 4.99 Å². The number of ether oxygens (including phenoxy) is 1. The topological polar surface area (TPSA) is 46.0 Å². The second-order valence-electron chi connectivity index (χ2n) is 4.41. The number of thioether (sulfide) groups is 1. The average Bonchev–Trinajstić information content (AvgIpc) is 2.57. The van der Waals surface area contributed by atoms with E-state index >= 15 is 0 Å². The molecule has 21 heavy (non-hydrogen) atoms. The van der Waals surface area contributed by atoms with Crippen molar-refractivity contribution in [2.75, 3.05) is 12.9 Å². The third kappa shape index (κ3) is 3.25. The Morgan fingerprint density at radius 3 is 2.57 bits per heavy atom. The van der Waals surface area contributed by atoms with Crippen molar-refractivity contribution in [3.8, 4) is 5.75 Å². The smallest absolute Gasteiger partial charge is 0.182 e. The summed E-state index contributed by atoms with van der Waals surface area (Å²) < 4.78 is 5.30. The Bertz CT molecular complexity index is 683. The van der Waals surface area contributed by atoms with Crippen LogP contribution in [-0.2, 0) is 0 Å². The molecule has 1 heterocycles. The highest BCUT2D eigenvalue weighted by Crippen LogP contribution is 2.28. The highest BCUT2D eigenvalue weighted by Gasteiger charge is 2.13. The van der Waals surface area contributed by atoms with Crippen LogP contribution in [0.2, 0.25) is 0 Å². The van der Waals surface area contributed by atoms with Crippen LogP contribution >= 0.6 is 11.8 Å². The lowest BCUT2D eigenvalue weighted by atomic mass is 10.1. The number of hydrazone groups is 1. The maximum Gasteiger partial charge on any atom is 0.182 e. The van der Waals surface area contributed by atoms with E-state index in [9.17, 15) is 0 Å². The summed E-state index contributed by atoms with van der Waals surface area (Å²) in [6.07, 6.45) is 0. The van der Waals surface area contributed by atoms with Gasteiger partial charge >= 0.3 is 0 Å². The molecule has 0 unspecified atom stereocenters. The molecule has 5 heteroatoms. The summed E-state index contributed by atoms with van der Waals surface area (Å²) in [5, 5.41) is 5.18. The van der Waals surface area contributed by atoms with E-state index in [2.05, 4.69) is 27.7 Å². The Morgan fingerprint density at radius 2 is 1.86 bits per heavy atom. The molecule has 0 saturated heterocycles. The van der Waals surface area contributed by atoms with Crippen LogP contribution in [0.25, 0.3) is 0 Å². The van der Waals surface area contributed by atoms with Crippen LogP contribution in [-0.4, -0.2) is 23.7 Å². The lowest BCUT2D eigenvalue weighted by Crippen LogP contribution is -2.25. The van der Waals surface area contributed by atoms with Gasteiger partial charge in [-0.05, 0) is 17.7 Å². The van der Waals surface area contributed by atoms with Gasteiger partial charge in [-0.15, -0.1) is 0 Å². The zero-order valence-electron chi connectivity index (χ0n) is 11.6. The quantitative estimate of drug-likeness (QED) is 0.944. The van der Waals surface area contributed by atoms with Gasteiger partial charge in [-0.2, -0.15) is 5.10 Å². The van der Waals surface area contributed by atoms with Gasteiger partial charge in [0.15, 0.2) is 5.17 Å². The normalized spacial score (nSPS) is 16.2. The van der Waals surface area contributed by atoms with Crippen LogP contribution in [0.1, 0.15) is 5.56 Å². The molecular weight excluding hydrogens is 282 g/mol. The largest absolute Gasteiger partial charge is 0.494 e. The first kappa shape index (κ1) is 13.7. The molecule has 0 spiro atoms. The summed E-state index contributed by atoms with van der Waals surface area (Å²) in [6.45, 7) is 0. The highest BCUT2D eigenvalue weighted by atomic mass is 32.2. The van der Waals surface area contributed by atoms with Gasteiger partial charge in [0, 0.05) is 5.75 Å². The van der Waals surface area contributed by atoms with E-state index in [4.69, 9.17) is 4.74 Å². The number of hydrogen-bond acceptors (Lipinski definition) is 4. The zero-order valence-corrected chi connectivity index (χ0v) is 12.4. The standard InChI is InChI=1S/C16H15N3OS/c1-20-15-10-6-5-9-13(15)17-16-19-18-14(11-21-16)12-7-3-2-4-8-12/h2-10H,11H2,1H3,(H,17,19). The molecule has 4 nitrogen and oxygen atoms in total. The number of benzene rings is 2. The van der Waals surface area contributed by atoms with Gasteiger partial charge in [0.1, 0.15) is 11.4 Å². The third-order valence-electron chi connectivity index (χ3n) is 3.05. The van der Waals surface area contributed by atoms with E-state index in [0.717, 1.165) is 33.6 Å². The minimum absolute atomic E-state index is 0.755. The molecule has 2 aromatic rings. The molecule has 1 aliphatic heterocycles. The zero-order chi connectivity index (χ0) is 14.5. The molecule has 0 aliphatic carbocycles. The fourth-order valence-electron chi connectivity index (χ4n) is 1.98. The number of methoxy groups -OCH3 is 1. The van der Waals surface area contributed by atoms with Crippen molar-refractivity contribution in [2.24, 2.45) is 10.1 Å². The van der Waals surface area contributed by atoms with Gasteiger partial charge in [-0.1, -0.05) is 54.2 Å². The summed E-state index contributed by atoms with van der Waals surface area (Å²) in [5.41, 5.74) is 5.97. The molecule has 2 aromatic carbocycles. The van der Waals surface area contributed by atoms with E-state index < -0.39 is 0 Å². The molecule has 0 aromatic heterocycles. The van der Waals surface area contributed by atoms with Crippen LogP contribution in [0.3, 0.4) is 0 Å². The Morgan fingerprint density at radius 1 is 1.10 bits per heavy atom. The Kier molecular flexibility index (Phi) is 4.21. The van der Waals surface area contributed by atoms with E-state index in [-0.39, 0.29) is 0 Å². The second-order valence-corrected chi connectivity index (χ2v) is 5.38. The van der Waals surface area contributed by atoms with Gasteiger partial charge in [-0.3, -0.25) is 5.43 Å². The number of amidine groups is 1. The SMILES string of the molecule is COc1ccccc1N=C1NN=C(c2ccccc2)CS1. The summed E-state index contributed by atoms with van der Waals surface area (Å²) >= 11 is 1.63. The van der Waals surface area contributed by atoms with E-state index in [1.807, 2.05) is 42.5 Å². The van der Waals surface area contributed by atoms with E-state index in [1.165, 1.54) is 0 Å². The lowest BCUT2D eigenvalue weighted by Gasteiger charge is -2.15. The van der Waals surface area contributed by atoms with Crippen LogP contribution < -0.4 is 10.2 Å². The van der Waals surface area contributed by atoms with Crippen molar-refractivity contribution in [1.29, 1.82) is 0 Å². The average molecular weight is 297 g/mol. The van der Waals surface area contributed by atoms with Gasteiger partial charge < -0.3 is 4.74 Å². The predicted octanol–water partition coefficient (Wildman–Crippen LogP) is 3.42. The highest BCUT2D eigenvalue weighted by molar-refractivity contribution is 8.14. The van der Waals surface area contributed by atoms with Gasteiger partial charge in [0.2, 0.25) is 0 Å². The Balaban J connectivity index is 1.79. The maximum atomic E-state index is 5.30. The van der Waals surface area contributed by atoms with Crippen molar-refractivity contribution in [3.63, 3.8) is 0 Å². The van der Waals surface area contributed by atoms with Crippen LogP contribution in [0.4, 0.5) is 5.69 Å². The first-order valence-electron chi connectivity index (χ1n) is 6.59. The third-order valence-corrected chi connectivity index (χ3v) is 3.92. The number of hydrogen-bond donors (Lipinski definition) is 1. The molecule has 1 N–H and O–H groups in total. The Hall–Kier alpha value is -2.27. The predicted molar refractivity (Wildman–Crippen MR) is 88.7 cm³/mol. The minimum atomic E-state index is 0.755. The molecule has 0 atom stereocenters. The fourth-order valence-corrected chi connectivity index (χ4v) is 2.76. The molecular formula is C16H15N3OS. The molecule has 0 fully saturated rings. The fraction of sp³-hybridized carbons (Fsp3) is 0.125. The first-order valence-corrected chi connectivity index (χ1v) is 7.58. The molecule has 0 radical (unpaired) electrons. The number of nitrogens with zero attached hydrogens (tertiary/aromatic N) is 2. The van der Waals surface area contributed by atoms with Gasteiger partial charge in [0.05, 0.1) is 12.8 Å². The Labute approximate surface area is 127 Å². The van der Waals surface area contributed by atoms with Crippen LogP contribution in [0.15, 0.2) is 64.7 Å². The number of rotatable bonds is 3. The van der Waals surface area contributed by atoms with E-state index in [0.29, 0.717) is 0 Å². The molecule has 0 bridgehead atoms. The lowest BCUT2D eigenvalue weighted by molar-refractivity contribution is 0.416. The van der Waals surface area contributed by atoms with Crippen LogP contribution in [0, 0.1) is 0 Å². The molecule has 106 valence electrons. The minimum Gasteiger partial charge on any atom is -0.494 e. The monoisotopic (exact) mass is 297 g/mol. The van der Waals surface area contributed by atoms with Crippen molar-refractivity contribution in [2.45, 2.75) is 0 Å². The molecule has 3 rings (SSSR count). The number of nitrogens with one attached hydrogen (secondary N) is 1. The van der Waals surface area contributed by atoms with Crippen molar-refractivity contribution < 1.29 is 4.74 Å².